The van der Waals surface area contributed by atoms with Gasteiger partial charge in [0.05, 0.1) is 11.3 Å². The molecule has 106 valence electrons. The summed E-state index contributed by atoms with van der Waals surface area (Å²) in [5.41, 5.74) is 5.17. The summed E-state index contributed by atoms with van der Waals surface area (Å²) in [6, 6.07) is 16.8. The van der Waals surface area contributed by atoms with E-state index in [1.807, 2.05) is 42.3 Å². The van der Waals surface area contributed by atoms with Crippen molar-refractivity contribution in [2.45, 2.75) is 6.54 Å². The van der Waals surface area contributed by atoms with Crippen molar-refractivity contribution >= 4 is 11.6 Å². The first-order valence-electron chi connectivity index (χ1n) is 6.46. The van der Waals surface area contributed by atoms with Crippen LogP contribution in [-0.4, -0.2) is 13.0 Å². The SMILES string of the molecule is CN(Cc1ccc(C(=O)NN)cc1)c1ccccc1C#N. The third-order valence-corrected chi connectivity index (χ3v) is 3.20. The highest BCUT2D eigenvalue weighted by molar-refractivity contribution is 5.93. The Labute approximate surface area is 123 Å². The summed E-state index contributed by atoms with van der Waals surface area (Å²) in [7, 11) is 1.93. The van der Waals surface area contributed by atoms with Gasteiger partial charge in [-0.1, -0.05) is 24.3 Å². The Morgan fingerprint density at radius 3 is 2.52 bits per heavy atom. The predicted octanol–water partition coefficient (Wildman–Crippen LogP) is 1.80. The van der Waals surface area contributed by atoms with Gasteiger partial charge in [-0.25, -0.2) is 5.84 Å². The topological polar surface area (TPSA) is 82.2 Å². The van der Waals surface area contributed by atoms with E-state index in [1.54, 1.807) is 18.2 Å². The number of hydrogen-bond donors (Lipinski definition) is 2. The molecule has 2 aromatic rings. The molecule has 0 aliphatic heterocycles. The van der Waals surface area contributed by atoms with Crippen LogP contribution in [0.4, 0.5) is 5.69 Å². The number of rotatable bonds is 4. The van der Waals surface area contributed by atoms with Crippen LogP contribution in [-0.2, 0) is 6.54 Å². The number of para-hydroxylation sites is 1. The fourth-order valence-corrected chi connectivity index (χ4v) is 2.10. The Hall–Kier alpha value is -2.84. The molecule has 0 aromatic heterocycles. The van der Waals surface area contributed by atoms with E-state index in [9.17, 15) is 4.79 Å². The van der Waals surface area contributed by atoms with E-state index in [1.165, 1.54) is 0 Å². The summed E-state index contributed by atoms with van der Waals surface area (Å²) in [5.74, 6) is 4.78. The van der Waals surface area contributed by atoms with Crippen molar-refractivity contribution in [2.75, 3.05) is 11.9 Å². The van der Waals surface area contributed by atoms with Crippen molar-refractivity contribution in [3.8, 4) is 6.07 Å². The Balaban J connectivity index is 2.14. The molecule has 0 spiro atoms. The number of hydrazine groups is 1. The average molecular weight is 280 g/mol. The van der Waals surface area contributed by atoms with E-state index in [-0.39, 0.29) is 5.91 Å². The molecule has 1 amide bonds. The normalized spacial score (nSPS) is 9.76. The number of nitrogens with two attached hydrogens (primary N) is 1. The fourth-order valence-electron chi connectivity index (χ4n) is 2.10. The molecule has 0 unspecified atom stereocenters. The van der Waals surface area contributed by atoms with Crippen molar-refractivity contribution in [3.63, 3.8) is 0 Å². The molecule has 5 nitrogen and oxygen atoms in total. The summed E-state index contributed by atoms with van der Waals surface area (Å²) in [4.78, 5) is 13.4. The molecule has 0 saturated heterocycles. The Morgan fingerprint density at radius 1 is 1.24 bits per heavy atom. The molecule has 0 saturated carbocycles. The Morgan fingerprint density at radius 2 is 1.90 bits per heavy atom. The summed E-state index contributed by atoms with van der Waals surface area (Å²) in [5, 5.41) is 9.13. The molecule has 2 rings (SSSR count). The van der Waals surface area contributed by atoms with Crippen molar-refractivity contribution in [3.05, 3.63) is 65.2 Å². The lowest BCUT2D eigenvalue weighted by atomic mass is 10.1. The number of nitrogens with one attached hydrogen (secondary N) is 1. The number of benzene rings is 2. The molecule has 0 radical (unpaired) electrons. The van der Waals surface area contributed by atoms with Gasteiger partial charge >= 0.3 is 0 Å². The number of carbonyl (C=O) groups excluding carboxylic acids is 1. The Kier molecular flexibility index (Phi) is 4.54. The van der Waals surface area contributed by atoms with Gasteiger partial charge in [-0.05, 0) is 29.8 Å². The lowest BCUT2D eigenvalue weighted by molar-refractivity contribution is 0.0953. The van der Waals surface area contributed by atoms with E-state index in [0.717, 1.165) is 11.3 Å². The zero-order valence-electron chi connectivity index (χ0n) is 11.7. The number of nitrogens with zero attached hydrogens (tertiary/aromatic N) is 2. The predicted molar refractivity (Wildman–Crippen MR) is 81.4 cm³/mol. The molecule has 2 aromatic carbocycles. The van der Waals surface area contributed by atoms with Gasteiger partial charge in [-0.3, -0.25) is 10.2 Å². The summed E-state index contributed by atoms with van der Waals surface area (Å²) >= 11 is 0. The highest BCUT2D eigenvalue weighted by Gasteiger charge is 2.08. The van der Waals surface area contributed by atoms with Gasteiger partial charge in [-0.15, -0.1) is 0 Å². The molecule has 0 bridgehead atoms. The minimum atomic E-state index is -0.315. The molecule has 0 heterocycles. The van der Waals surface area contributed by atoms with Crippen LogP contribution in [0.3, 0.4) is 0 Å². The second-order valence-corrected chi connectivity index (χ2v) is 4.66. The van der Waals surface area contributed by atoms with Crippen LogP contribution in [0.25, 0.3) is 0 Å². The maximum absolute atomic E-state index is 11.4. The summed E-state index contributed by atoms with van der Waals surface area (Å²) in [6.45, 7) is 0.642. The van der Waals surface area contributed by atoms with Crippen molar-refractivity contribution in [1.29, 1.82) is 5.26 Å². The number of nitrogen functional groups attached to an aromatic ring is 1. The first kappa shape index (κ1) is 14.6. The fraction of sp³-hybridized carbons (Fsp3) is 0.125. The van der Waals surface area contributed by atoms with E-state index in [4.69, 9.17) is 11.1 Å². The number of amides is 1. The first-order chi connectivity index (χ1) is 10.2. The molecule has 0 aliphatic carbocycles. The number of anilines is 1. The number of nitriles is 1. The van der Waals surface area contributed by atoms with Gasteiger partial charge in [-0.2, -0.15) is 5.26 Å². The summed E-state index contributed by atoms with van der Waals surface area (Å²) < 4.78 is 0. The first-order valence-corrected chi connectivity index (χ1v) is 6.46. The minimum Gasteiger partial charge on any atom is -0.369 e. The van der Waals surface area contributed by atoms with Crippen LogP contribution >= 0.6 is 0 Å². The lowest BCUT2D eigenvalue weighted by Crippen LogP contribution is -2.29. The highest BCUT2D eigenvalue weighted by atomic mass is 16.2. The monoisotopic (exact) mass is 280 g/mol. The highest BCUT2D eigenvalue weighted by Crippen LogP contribution is 2.20. The summed E-state index contributed by atoms with van der Waals surface area (Å²) in [6.07, 6.45) is 0. The molecule has 0 fully saturated rings. The molecule has 0 aliphatic rings. The average Bonchev–Trinajstić information content (AvgIpc) is 2.54. The van der Waals surface area contributed by atoms with Crippen LogP contribution in [0.5, 0.6) is 0 Å². The van der Waals surface area contributed by atoms with Gasteiger partial charge in [0.15, 0.2) is 0 Å². The van der Waals surface area contributed by atoms with Crippen LogP contribution in [0.2, 0.25) is 0 Å². The van der Waals surface area contributed by atoms with Gasteiger partial charge in [0.1, 0.15) is 6.07 Å². The third kappa shape index (κ3) is 3.38. The van der Waals surface area contributed by atoms with Gasteiger partial charge < -0.3 is 4.90 Å². The second kappa shape index (κ2) is 6.55. The third-order valence-electron chi connectivity index (χ3n) is 3.20. The van der Waals surface area contributed by atoms with Gasteiger partial charge in [0.2, 0.25) is 0 Å². The van der Waals surface area contributed by atoms with Crippen molar-refractivity contribution < 1.29 is 4.79 Å². The molecule has 0 atom stereocenters. The molecule has 21 heavy (non-hydrogen) atoms. The van der Waals surface area contributed by atoms with E-state index < -0.39 is 0 Å². The van der Waals surface area contributed by atoms with Gasteiger partial charge in [0.25, 0.3) is 5.91 Å². The van der Waals surface area contributed by atoms with Gasteiger partial charge in [0, 0.05) is 19.2 Å². The van der Waals surface area contributed by atoms with E-state index in [0.29, 0.717) is 17.7 Å². The molecule has 5 heteroatoms. The van der Waals surface area contributed by atoms with Crippen LogP contribution < -0.4 is 16.2 Å². The molecular formula is C16H16N4O. The zero-order valence-corrected chi connectivity index (χ0v) is 11.7. The minimum absolute atomic E-state index is 0.315. The number of hydrogen-bond acceptors (Lipinski definition) is 4. The lowest BCUT2D eigenvalue weighted by Gasteiger charge is -2.20. The van der Waals surface area contributed by atoms with E-state index in [2.05, 4.69) is 11.5 Å². The standard InChI is InChI=1S/C16H16N4O/c1-20(15-5-3-2-4-14(15)10-17)11-12-6-8-13(9-7-12)16(21)19-18/h2-9H,11,18H2,1H3,(H,19,21). The zero-order chi connectivity index (χ0) is 15.2. The largest absolute Gasteiger partial charge is 0.369 e. The second-order valence-electron chi connectivity index (χ2n) is 4.66. The molecule has 3 N–H and O–H groups in total. The molecular weight excluding hydrogens is 264 g/mol. The van der Waals surface area contributed by atoms with Crippen LogP contribution in [0.1, 0.15) is 21.5 Å². The Bertz CT molecular complexity index is 673. The smallest absolute Gasteiger partial charge is 0.265 e. The van der Waals surface area contributed by atoms with Crippen LogP contribution in [0, 0.1) is 11.3 Å². The van der Waals surface area contributed by atoms with Crippen LogP contribution in [0.15, 0.2) is 48.5 Å². The van der Waals surface area contributed by atoms with Crippen molar-refractivity contribution in [1.82, 2.24) is 5.43 Å². The maximum Gasteiger partial charge on any atom is 0.265 e. The van der Waals surface area contributed by atoms with Crippen molar-refractivity contribution in [2.24, 2.45) is 5.84 Å². The maximum atomic E-state index is 11.4. The quantitative estimate of drug-likeness (QED) is 0.508. The number of carbonyl (C=O) groups is 1. The van der Waals surface area contributed by atoms with E-state index >= 15 is 0 Å².